The van der Waals surface area contributed by atoms with Gasteiger partial charge < -0.3 is 24.6 Å². The molecule has 1 aliphatic heterocycles. The van der Waals surface area contributed by atoms with E-state index in [0.29, 0.717) is 0 Å². The van der Waals surface area contributed by atoms with Crippen LogP contribution in [0.15, 0.2) is 0 Å². The Bertz CT molecular complexity index is 338. The van der Waals surface area contributed by atoms with Gasteiger partial charge in [-0.05, 0) is 20.8 Å². The summed E-state index contributed by atoms with van der Waals surface area (Å²) in [6.45, 7) is 5.34. The Morgan fingerprint density at radius 2 is 1.89 bits per heavy atom. The highest BCUT2D eigenvalue weighted by Crippen LogP contribution is 2.17. The van der Waals surface area contributed by atoms with Crippen molar-refractivity contribution in [2.45, 2.75) is 45.0 Å². The van der Waals surface area contributed by atoms with Crippen molar-refractivity contribution in [1.82, 2.24) is 4.90 Å². The normalized spacial score (nSPS) is 24.1. The van der Waals surface area contributed by atoms with Crippen molar-refractivity contribution >= 4 is 12.1 Å². The molecule has 1 heterocycles. The van der Waals surface area contributed by atoms with Gasteiger partial charge >= 0.3 is 12.1 Å². The molecule has 0 aromatic heterocycles. The molecule has 0 saturated carbocycles. The van der Waals surface area contributed by atoms with Crippen LogP contribution < -0.4 is 0 Å². The number of nitrogens with zero attached hydrogens (tertiary/aromatic N) is 1. The Morgan fingerprint density at radius 3 is 2.37 bits per heavy atom. The van der Waals surface area contributed by atoms with Crippen LogP contribution in [0.4, 0.5) is 4.79 Å². The van der Waals surface area contributed by atoms with Crippen LogP contribution in [0.2, 0.25) is 0 Å². The van der Waals surface area contributed by atoms with Crippen LogP contribution in [0.25, 0.3) is 0 Å². The first-order chi connectivity index (χ1) is 8.71. The largest absolute Gasteiger partial charge is 0.481 e. The number of hydrogen-bond acceptors (Lipinski definition) is 5. The molecule has 1 amide bonds. The second kappa shape index (κ2) is 6.21. The predicted molar refractivity (Wildman–Crippen MR) is 65.8 cm³/mol. The molecule has 0 aliphatic carbocycles. The first kappa shape index (κ1) is 15.7. The van der Waals surface area contributed by atoms with Gasteiger partial charge in [-0.1, -0.05) is 0 Å². The smallest absolute Gasteiger partial charge is 0.410 e. The number of aliphatic carboxylic acids is 1. The zero-order chi connectivity index (χ0) is 14.6. The molecule has 2 N–H and O–H groups in total. The topological polar surface area (TPSA) is 96.3 Å². The highest BCUT2D eigenvalue weighted by molar-refractivity contribution is 5.69. The maximum atomic E-state index is 11.9. The van der Waals surface area contributed by atoms with Gasteiger partial charge in [-0.3, -0.25) is 4.79 Å². The van der Waals surface area contributed by atoms with E-state index in [9.17, 15) is 9.59 Å². The summed E-state index contributed by atoms with van der Waals surface area (Å²) >= 11 is 0. The molecule has 2 atom stereocenters. The van der Waals surface area contributed by atoms with Crippen molar-refractivity contribution in [3.63, 3.8) is 0 Å². The molecule has 7 nitrogen and oxygen atoms in total. The lowest BCUT2D eigenvalue weighted by Crippen LogP contribution is -2.52. The quantitative estimate of drug-likeness (QED) is 0.776. The molecule has 19 heavy (non-hydrogen) atoms. The van der Waals surface area contributed by atoms with E-state index in [0.717, 1.165) is 0 Å². The van der Waals surface area contributed by atoms with Gasteiger partial charge in [0, 0.05) is 0 Å². The molecule has 7 heteroatoms. The lowest BCUT2D eigenvalue weighted by Gasteiger charge is -2.37. The summed E-state index contributed by atoms with van der Waals surface area (Å²) in [5.74, 6) is -1.01. The summed E-state index contributed by atoms with van der Waals surface area (Å²) in [5, 5.41) is 17.9. The third-order valence-electron chi connectivity index (χ3n) is 2.49. The third-order valence-corrected chi connectivity index (χ3v) is 2.49. The van der Waals surface area contributed by atoms with Crippen molar-refractivity contribution < 1.29 is 29.3 Å². The molecular formula is C12H21NO6. The molecule has 0 aromatic carbocycles. The van der Waals surface area contributed by atoms with Crippen LogP contribution in [-0.2, 0) is 14.3 Å². The van der Waals surface area contributed by atoms with Gasteiger partial charge in [0.1, 0.15) is 5.60 Å². The first-order valence-electron chi connectivity index (χ1n) is 6.17. The second-order valence-electron chi connectivity index (χ2n) is 5.55. The molecular weight excluding hydrogens is 254 g/mol. The fraction of sp³-hybridized carbons (Fsp3) is 0.833. The standard InChI is InChI=1S/C12H21NO6/c1-12(2,3)19-11(17)13-5-8(4-10(15)16)18-9(6-13)7-14/h8-9,14H,4-7H2,1-3H3,(H,15,16)/t8-,9+/m1/s1. The van der Waals surface area contributed by atoms with Crippen molar-refractivity contribution in [3.05, 3.63) is 0 Å². The minimum Gasteiger partial charge on any atom is -0.481 e. The third kappa shape index (κ3) is 5.44. The van der Waals surface area contributed by atoms with Crippen LogP contribution in [0.1, 0.15) is 27.2 Å². The monoisotopic (exact) mass is 275 g/mol. The molecule has 1 rings (SSSR count). The maximum Gasteiger partial charge on any atom is 0.410 e. The fourth-order valence-electron chi connectivity index (χ4n) is 1.81. The summed E-state index contributed by atoms with van der Waals surface area (Å²) in [6, 6.07) is 0. The van der Waals surface area contributed by atoms with Crippen LogP contribution in [-0.4, -0.2) is 64.7 Å². The van der Waals surface area contributed by atoms with E-state index in [4.69, 9.17) is 19.7 Å². The van der Waals surface area contributed by atoms with Gasteiger partial charge in [-0.15, -0.1) is 0 Å². The number of carboxylic acids is 1. The number of rotatable bonds is 3. The minimum absolute atomic E-state index is 0.151. The van der Waals surface area contributed by atoms with E-state index in [1.54, 1.807) is 20.8 Å². The summed E-state index contributed by atoms with van der Waals surface area (Å²) in [4.78, 5) is 24.0. The fourth-order valence-corrected chi connectivity index (χ4v) is 1.81. The lowest BCUT2D eigenvalue weighted by molar-refractivity contribution is -0.147. The number of carbonyl (C=O) groups excluding carboxylic acids is 1. The number of aliphatic hydroxyl groups is 1. The Labute approximate surface area is 112 Å². The minimum atomic E-state index is -1.01. The zero-order valence-corrected chi connectivity index (χ0v) is 11.5. The second-order valence-corrected chi connectivity index (χ2v) is 5.55. The summed E-state index contributed by atoms with van der Waals surface area (Å²) in [6.07, 6.45) is -1.94. The maximum absolute atomic E-state index is 11.9. The number of aliphatic hydroxyl groups excluding tert-OH is 1. The van der Waals surface area contributed by atoms with Crippen molar-refractivity contribution in [3.8, 4) is 0 Å². The summed E-state index contributed by atoms with van der Waals surface area (Å²) < 4.78 is 10.6. The SMILES string of the molecule is CC(C)(C)OC(=O)N1C[C@@H](CO)O[C@H](CC(=O)O)C1. The van der Waals surface area contributed by atoms with Gasteiger partial charge in [0.05, 0.1) is 38.3 Å². The molecule has 0 radical (unpaired) electrons. The number of carboxylic acid groups (broad SMARTS) is 1. The van der Waals surface area contributed by atoms with Crippen molar-refractivity contribution in [2.75, 3.05) is 19.7 Å². The summed E-state index contributed by atoms with van der Waals surface area (Å²) in [7, 11) is 0. The lowest BCUT2D eigenvalue weighted by atomic mass is 10.1. The van der Waals surface area contributed by atoms with E-state index in [-0.39, 0.29) is 26.1 Å². The Balaban J connectivity index is 2.66. The van der Waals surface area contributed by atoms with E-state index >= 15 is 0 Å². The van der Waals surface area contributed by atoms with Gasteiger partial charge in [-0.2, -0.15) is 0 Å². The average molecular weight is 275 g/mol. The highest BCUT2D eigenvalue weighted by Gasteiger charge is 2.33. The number of hydrogen-bond donors (Lipinski definition) is 2. The van der Waals surface area contributed by atoms with Gasteiger partial charge in [0.25, 0.3) is 0 Å². The van der Waals surface area contributed by atoms with Crippen molar-refractivity contribution in [1.29, 1.82) is 0 Å². The Morgan fingerprint density at radius 1 is 1.32 bits per heavy atom. The van der Waals surface area contributed by atoms with Crippen LogP contribution in [0.3, 0.4) is 0 Å². The highest BCUT2D eigenvalue weighted by atomic mass is 16.6. The molecule has 0 aromatic rings. The molecule has 1 saturated heterocycles. The van der Waals surface area contributed by atoms with Crippen LogP contribution in [0, 0.1) is 0 Å². The molecule has 0 spiro atoms. The zero-order valence-electron chi connectivity index (χ0n) is 11.5. The molecule has 0 unspecified atom stereocenters. The van der Waals surface area contributed by atoms with E-state index in [1.165, 1.54) is 4.90 Å². The molecule has 1 fully saturated rings. The first-order valence-corrected chi connectivity index (χ1v) is 6.17. The van der Waals surface area contributed by atoms with Crippen molar-refractivity contribution in [2.24, 2.45) is 0 Å². The predicted octanol–water partition coefficient (Wildman–Crippen LogP) is 0.458. The number of carbonyl (C=O) groups is 2. The number of ether oxygens (including phenoxy) is 2. The molecule has 110 valence electrons. The van der Waals surface area contributed by atoms with Crippen LogP contribution >= 0.6 is 0 Å². The summed E-state index contributed by atoms with van der Waals surface area (Å²) in [5.41, 5.74) is -0.619. The van der Waals surface area contributed by atoms with E-state index in [1.807, 2.05) is 0 Å². The Hall–Kier alpha value is -1.34. The van der Waals surface area contributed by atoms with Gasteiger partial charge in [-0.25, -0.2) is 4.79 Å². The number of morpholine rings is 1. The van der Waals surface area contributed by atoms with Gasteiger partial charge in [0.2, 0.25) is 0 Å². The van der Waals surface area contributed by atoms with Crippen LogP contribution in [0.5, 0.6) is 0 Å². The average Bonchev–Trinajstić information content (AvgIpc) is 2.25. The molecule has 0 bridgehead atoms. The van der Waals surface area contributed by atoms with Gasteiger partial charge in [0.15, 0.2) is 0 Å². The van der Waals surface area contributed by atoms with E-state index < -0.39 is 29.9 Å². The molecule has 1 aliphatic rings. The van der Waals surface area contributed by atoms with E-state index in [2.05, 4.69) is 0 Å². The Kier molecular flexibility index (Phi) is 5.13. The number of amides is 1.